The zero-order valence-corrected chi connectivity index (χ0v) is 13.0. The van der Waals surface area contributed by atoms with E-state index in [4.69, 9.17) is 4.74 Å². The zero-order valence-electron chi connectivity index (χ0n) is 13.0. The third kappa shape index (κ3) is 0.773. The largest absolute Gasteiger partial charge is 0.370 e. The number of fused-ring (bicyclic) bond motifs is 1. The number of aldehydes is 1. The monoisotopic (exact) mass is 312 g/mol. The first-order chi connectivity index (χ1) is 11.2. The fourth-order valence-corrected chi connectivity index (χ4v) is 10.8. The molecular formula is C20H21FO2. The van der Waals surface area contributed by atoms with Crippen molar-refractivity contribution < 1.29 is 13.9 Å². The number of ether oxygens (including phenoxy) is 1. The number of hydrogen-bond donors (Lipinski definition) is 0. The van der Waals surface area contributed by atoms with Crippen LogP contribution in [0.15, 0.2) is 12.2 Å². The van der Waals surface area contributed by atoms with Gasteiger partial charge in [0.25, 0.3) is 0 Å². The quantitative estimate of drug-likeness (QED) is 0.549. The van der Waals surface area contributed by atoms with Crippen LogP contribution in [-0.4, -0.2) is 24.2 Å². The standard InChI is InChI=1S/C20H21FO2/c21-20-16-8-3-1-2-7(8)14-12(16)13-15-9-4-5-10(11(9)17(13)20)23-18(20)19(14,15)6-22/h1-2,6-18H,3-5H2/t7-,8-,9+,10+,11-,12-,13+,14-,15+,16-,17+,18-,19-,20+/m0/s1. The molecule has 8 aliphatic carbocycles. The Labute approximate surface area is 134 Å². The first-order valence-corrected chi connectivity index (χ1v) is 9.72. The van der Waals surface area contributed by atoms with Crippen LogP contribution in [-0.2, 0) is 9.53 Å². The highest BCUT2D eigenvalue weighted by molar-refractivity contribution is 5.69. The molecule has 14 atom stereocenters. The van der Waals surface area contributed by atoms with E-state index < -0.39 is 17.2 Å². The molecule has 7 saturated carbocycles. The molecule has 120 valence electrons. The molecule has 9 rings (SSSR count). The predicted octanol–water partition coefficient (Wildman–Crippen LogP) is 2.63. The molecule has 0 amide bonds. The number of halogens is 1. The summed E-state index contributed by atoms with van der Waals surface area (Å²) in [7, 11) is 0. The van der Waals surface area contributed by atoms with E-state index in [0.717, 1.165) is 12.8 Å². The number of carbonyl (C=O) groups excluding carboxylic acids is 1. The van der Waals surface area contributed by atoms with E-state index >= 15 is 4.39 Å². The van der Waals surface area contributed by atoms with Crippen LogP contribution in [0.2, 0.25) is 0 Å². The van der Waals surface area contributed by atoms with Gasteiger partial charge in [-0.15, -0.1) is 0 Å². The van der Waals surface area contributed by atoms with Crippen molar-refractivity contribution in [3.63, 3.8) is 0 Å². The van der Waals surface area contributed by atoms with Crippen molar-refractivity contribution in [2.24, 2.45) is 64.6 Å². The van der Waals surface area contributed by atoms with Gasteiger partial charge >= 0.3 is 0 Å². The van der Waals surface area contributed by atoms with Crippen molar-refractivity contribution in [2.45, 2.75) is 37.1 Å². The summed E-state index contributed by atoms with van der Waals surface area (Å²) in [4.78, 5) is 12.6. The maximum absolute atomic E-state index is 16.8. The third-order valence-electron chi connectivity index (χ3n) is 10.4. The highest BCUT2D eigenvalue weighted by atomic mass is 19.1. The summed E-state index contributed by atoms with van der Waals surface area (Å²) in [6.45, 7) is 0. The van der Waals surface area contributed by atoms with Gasteiger partial charge in [0.2, 0.25) is 0 Å². The van der Waals surface area contributed by atoms with Gasteiger partial charge in [0.15, 0.2) is 0 Å². The van der Waals surface area contributed by atoms with Crippen LogP contribution < -0.4 is 0 Å². The van der Waals surface area contributed by atoms with E-state index in [1.165, 1.54) is 12.7 Å². The average Bonchev–Trinajstić information content (AvgIpc) is 3.25. The maximum atomic E-state index is 16.8. The van der Waals surface area contributed by atoms with Crippen LogP contribution in [0.5, 0.6) is 0 Å². The van der Waals surface area contributed by atoms with Crippen LogP contribution in [0.3, 0.4) is 0 Å². The van der Waals surface area contributed by atoms with E-state index in [1.807, 2.05) is 0 Å². The van der Waals surface area contributed by atoms with Gasteiger partial charge in [-0.25, -0.2) is 4.39 Å². The highest BCUT2D eigenvalue weighted by Crippen LogP contribution is 2.90. The molecule has 9 bridgehead atoms. The second-order valence-electron chi connectivity index (χ2n) is 9.98. The minimum absolute atomic E-state index is 0.188. The lowest BCUT2D eigenvalue weighted by Crippen LogP contribution is -2.67. The second-order valence-corrected chi connectivity index (χ2v) is 9.98. The number of rotatable bonds is 1. The molecular weight excluding hydrogens is 291 g/mol. The van der Waals surface area contributed by atoms with Gasteiger partial charge < -0.3 is 9.53 Å². The number of carbonyl (C=O) groups is 1. The molecule has 0 unspecified atom stereocenters. The summed E-state index contributed by atoms with van der Waals surface area (Å²) in [5.74, 6) is 4.21. The summed E-state index contributed by atoms with van der Waals surface area (Å²) in [5, 5.41) is 0. The predicted molar refractivity (Wildman–Crippen MR) is 78.9 cm³/mol. The Morgan fingerprint density at radius 2 is 1.91 bits per heavy atom. The normalized spacial score (nSPS) is 79.2. The van der Waals surface area contributed by atoms with Crippen molar-refractivity contribution in [2.75, 3.05) is 0 Å². The first-order valence-electron chi connectivity index (χ1n) is 9.72. The van der Waals surface area contributed by atoms with Gasteiger partial charge in [-0.1, -0.05) is 12.2 Å². The van der Waals surface area contributed by atoms with E-state index in [0.29, 0.717) is 47.3 Å². The lowest BCUT2D eigenvalue weighted by molar-refractivity contribution is -0.251. The molecule has 1 heterocycles. The van der Waals surface area contributed by atoms with Crippen LogP contribution >= 0.6 is 0 Å². The van der Waals surface area contributed by atoms with Crippen molar-refractivity contribution >= 4 is 6.29 Å². The first kappa shape index (κ1) is 11.8. The van der Waals surface area contributed by atoms with Crippen molar-refractivity contribution in [3.05, 3.63) is 12.2 Å². The number of allylic oxidation sites excluding steroid dienone is 2. The molecule has 0 aromatic heterocycles. The third-order valence-corrected chi connectivity index (χ3v) is 10.4. The Balaban J connectivity index is 1.51. The molecule has 2 nitrogen and oxygen atoms in total. The summed E-state index contributed by atoms with van der Waals surface area (Å²) in [5.41, 5.74) is -1.67. The van der Waals surface area contributed by atoms with Crippen LogP contribution in [0, 0.1) is 64.6 Å². The summed E-state index contributed by atoms with van der Waals surface area (Å²) < 4.78 is 23.3. The number of alkyl halides is 1. The minimum atomic E-state index is -1.19. The van der Waals surface area contributed by atoms with E-state index in [1.54, 1.807) is 0 Å². The summed E-state index contributed by atoms with van der Waals surface area (Å²) >= 11 is 0. The van der Waals surface area contributed by atoms with E-state index in [9.17, 15) is 4.79 Å². The Hall–Kier alpha value is -0.700. The van der Waals surface area contributed by atoms with Gasteiger partial charge in [0.1, 0.15) is 18.1 Å². The molecule has 1 saturated heterocycles. The Bertz CT molecular complexity index is 714. The topological polar surface area (TPSA) is 26.3 Å². The molecule has 0 radical (unpaired) electrons. The fraction of sp³-hybridized carbons (Fsp3) is 0.850. The van der Waals surface area contributed by atoms with Gasteiger partial charge in [-0.2, -0.15) is 0 Å². The number of hydrogen-bond acceptors (Lipinski definition) is 2. The molecule has 23 heavy (non-hydrogen) atoms. The molecule has 0 N–H and O–H groups in total. The highest BCUT2D eigenvalue weighted by Gasteiger charge is 2.94. The average molecular weight is 312 g/mol. The smallest absolute Gasteiger partial charge is 0.144 e. The van der Waals surface area contributed by atoms with Gasteiger partial charge in [0, 0.05) is 11.8 Å². The molecule has 9 aliphatic rings. The minimum Gasteiger partial charge on any atom is -0.370 e. The Morgan fingerprint density at radius 3 is 2.78 bits per heavy atom. The van der Waals surface area contributed by atoms with Gasteiger partial charge in [-0.05, 0) is 66.6 Å². The van der Waals surface area contributed by atoms with E-state index in [2.05, 4.69) is 12.2 Å². The van der Waals surface area contributed by atoms with Crippen LogP contribution in [0.1, 0.15) is 19.3 Å². The Kier molecular flexibility index (Phi) is 1.53. The molecule has 0 aromatic carbocycles. The van der Waals surface area contributed by atoms with E-state index in [-0.39, 0.29) is 17.9 Å². The molecule has 0 aromatic rings. The summed E-state index contributed by atoms with van der Waals surface area (Å²) in [6.07, 6.45) is 9.03. The molecule has 8 fully saturated rings. The Morgan fingerprint density at radius 1 is 1.04 bits per heavy atom. The van der Waals surface area contributed by atoms with Crippen molar-refractivity contribution in [3.8, 4) is 0 Å². The second kappa shape index (κ2) is 2.98. The maximum Gasteiger partial charge on any atom is 0.144 e. The lowest BCUT2D eigenvalue weighted by atomic mass is 9.54. The van der Waals surface area contributed by atoms with Crippen LogP contribution in [0.4, 0.5) is 4.39 Å². The van der Waals surface area contributed by atoms with Gasteiger partial charge in [0.05, 0.1) is 11.5 Å². The van der Waals surface area contributed by atoms with Crippen LogP contribution in [0.25, 0.3) is 0 Å². The lowest BCUT2D eigenvalue weighted by Gasteiger charge is -2.57. The van der Waals surface area contributed by atoms with Crippen molar-refractivity contribution in [1.82, 2.24) is 0 Å². The zero-order chi connectivity index (χ0) is 14.9. The summed E-state index contributed by atoms with van der Waals surface area (Å²) in [6, 6.07) is 0. The van der Waals surface area contributed by atoms with Gasteiger partial charge in [-0.3, -0.25) is 0 Å². The van der Waals surface area contributed by atoms with Crippen molar-refractivity contribution in [1.29, 1.82) is 0 Å². The molecule has 0 spiro atoms. The SMILES string of the molecule is O=C[C@]12[C@@H]3[C@@H]4CC[C@H]5O[C@@H]1[C@]1(F)[C@H]([C@@H]45)[C@@H]3[C@@H]3[C@@H]1[C@H]1CC=C[C@@H]1[C@@H]32. The molecule has 1 aliphatic heterocycles. The fourth-order valence-electron chi connectivity index (χ4n) is 10.8. The molecule has 3 heteroatoms.